The van der Waals surface area contributed by atoms with E-state index in [4.69, 9.17) is 13.9 Å². The molecular formula is C13H15NO3. The van der Waals surface area contributed by atoms with Gasteiger partial charge in [0.1, 0.15) is 17.2 Å². The predicted octanol–water partition coefficient (Wildman–Crippen LogP) is 2.81. The third kappa shape index (κ3) is 2.47. The molecule has 0 N–H and O–H groups in total. The number of hydrogen-bond donors (Lipinski definition) is 0. The van der Waals surface area contributed by atoms with Gasteiger partial charge in [0.05, 0.1) is 13.7 Å². The van der Waals surface area contributed by atoms with Crippen LogP contribution in [0, 0.1) is 6.92 Å². The van der Waals surface area contributed by atoms with Gasteiger partial charge in [0, 0.05) is 12.7 Å². The van der Waals surface area contributed by atoms with E-state index in [0.29, 0.717) is 12.5 Å². The topological polar surface area (TPSA) is 44.5 Å². The Morgan fingerprint density at radius 3 is 2.82 bits per heavy atom. The zero-order valence-corrected chi connectivity index (χ0v) is 10.2. The van der Waals surface area contributed by atoms with Crippen LogP contribution in [0.2, 0.25) is 0 Å². The Kier molecular flexibility index (Phi) is 3.44. The van der Waals surface area contributed by atoms with Crippen molar-refractivity contribution in [2.24, 2.45) is 0 Å². The van der Waals surface area contributed by atoms with Gasteiger partial charge in [-0.15, -0.1) is 0 Å². The summed E-state index contributed by atoms with van der Waals surface area (Å²) in [6, 6.07) is 7.62. The number of benzene rings is 1. The second-order valence-corrected chi connectivity index (χ2v) is 3.69. The SMILES string of the molecule is COCc1nc(-c2cccc(OC)c2)oc1C. The van der Waals surface area contributed by atoms with Crippen molar-refractivity contribution in [1.29, 1.82) is 0 Å². The molecule has 1 aromatic carbocycles. The summed E-state index contributed by atoms with van der Waals surface area (Å²) in [7, 11) is 3.27. The first-order valence-corrected chi connectivity index (χ1v) is 5.34. The molecule has 0 aliphatic heterocycles. The van der Waals surface area contributed by atoms with Crippen LogP contribution in [-0.4, -0.2) is 19.2 Å². The lowest BCUT2D eigenvalue weighted by Gasteiger charge is -2.00. The molecule has 0 radical (unpaired) electrons. The van der Waals surface area contributed by atoms with Gasteiger partial charge in [0.25, 0.3) is 0 Å². The zero-order valence-electron chi connectivity index (χ0n) is 10.2. The molecule has 4 heteroatoms. The predicted molar refractivity (Wildman–Crippen MR) is 63.9 cm³/mol. The average molecular weight is 233 g/mol. The average Bonchev–Trinajstić information content (AvgIpc) is 2.72. The fourth-order valence-corrected chi connectivity index (χ4v) is 1.58. The zero-order chi connectivity index (χ0) is 12.3. The van der Waals surface area contributed by atoms with Crippen LogP contribution in [0.25, 0.3) is 11.5 Å². The molecule has 0 bridgehead atoms. The van der Waals surface area contributed by atoms with Gasteiger partial charge in [-0.2, -0.15) is 0 Å². The molecule has 0 spiro atoms. The van der Waals surface area contributed by atoms with Crippen molar-refractivity contribution in [1.82, 2.24) is 4.98 Å². The molecule has 17 heavy (non-hydrogen) atoms. The summed E-state index contributed by atoms with van der Waals surface area (Å²) in [5.74, 6) is 2.16. The Balaban J connectivity index is 2.35. The van der Waals surface area contributed by atoms with E-state index in [0.717, 1.165) is 22.8 Å². The number of methoxy groups -OCH3 is 2. The monoisotopic (exact) mass is 233 g/mol. The molecule has 0 atom stereocenters. The maximum absolute atomic E-state index is 5.61. The molecule has 2 rings (SSSR count). The fraction of sp³-hybridized carbons (Fsp3) is 0.308. The molecule has 4 nitrogen and oxygen atoms in total. The third-order valence-corrected chi connectivity index (χ3v) is 2.49. The molecule has 90 valence electrons. The van der Waals surface area contributed by atoms with Crippen LogP contribution >= 0.6 is 0 Å². The smallest absolute Gasteiger partial charge is 0.226 e. The lowest BCUT2D eigenvalue weighted by Crippen LogP contribution is -1.89. The van der Waals surface area contributed by atoms with E-state index in [-0.39, 0.29) is 0 Å². The van der Waals surface area contributed by atoms with Crippen LogP contribution in [0.5, 0.6) is 5.75 Å². The van der Waals surface area contributed by atoms with Crippen molar-refractivity contribution in [2.75, 3.05) is 14.2 Å². The van der Waals surface area contributed by atoms with Crippen LogP contribution in [0.1, 0.15) is 11.5 Å². The van der Waals surface area contributed by atoms with Gasteiger partial charge in [-0.25, -0.2) is 4.98 Å². The van der Waals surface area contributed by atoms with E-state index < -0.39 is 0 Å². The first-order valence-electron chi connectivity index (χ1n) is 5.34. The van der Waals surface area contributed by atoms with E-state index in [1.165, 1.54) is 0 Å². The van der Waals surface area contributed by atoms with Gasteiger partial charge in [-0.1, -0.05) is 6.07 Å². The molecule has 0 unspecified atom stereocenters. The van der Waals surface area contributed by atoms with E-state index in [1.54, 1.807) is 14.2 Å². The molecule has 0 fully saturated rings. The highest BCUT2D eigenvalue weighted by atomic mass is 16.5. The molecule has 2 aromatic rings. The molecule has 0 aliphatic carbocycles. The molecular weight excluding hydrogens is 218 g/mol. The van der Waals surface area contributed by atoms with E-state index in [9.17, 15) is 0 Å². The second-order valence-electron chi connectivity index (χ2n) is 3.69. The number of nitrogens with zero attached hydrogens (tertiary/aromatic N) is 1. The summed E-state index contributed by atoms with van der Waals surface area (Å²) in [6.07, 6.45) is 0. The maximum atomic E-state index is 5.61. The Morgan fingerprint density at radius 1 is 1.29 bits per heavy atom. The van der Waals surface area contributed by atoms with Gasteiger partial charge in [-0.05, 0) is 25.1 Å². The summed E-state index contributed by atoms with van der Waals surface area (Å²) in [5.41, 5.74) is 1.72. The summed E-state index contributed by atoms with van der Waals surface area (Å²) >= 11 is 0. The molecule has 1 aromatic heterocycles. The molecule has 0 amide bonds. The number of oxazole rings is 1. The van der Waals surface area contributed by atoms with Crippen LogP contribution in [0.4, 0.5) is 0 Å². The Labute approximate surface area is 100 Å². The first kappa shape index (κ1) is 11.7. The number of aryl methyl sites for hydroxylation is 1. The van der Waals surface area contributed by atoms with Crippen molar-refractivity contribution in [3.05, 3.63) is 35.7 Å². The van der Waals surface area contributed by atoms with Crippen LogP contribution < -0.4 is 4.74 Å². The highest BCUT2D eigenvalue weighted by Gasteiger charge is 2.11. The lowest BCUT2D eigenvalue weighted by atomic mass is 10.2. The molecule has 0 aliphatic rings. The second kappa shape index (κ2) is 5.01. The number of ether oxygens (including phenoxy) is 2. The first-order chi connectivity index (χ1) is 8.24. The standard InChI is InChI=1S/C13H15NO3/c1-9-12(8-15-2)14-13(17-9)10-5-4-6-11(7-10)16-3/h4-7H,8H2,1-3H3. The number of rotatable bonds is 4. The fourth-order valence-electron chi connectivity index (χ4n) is 1.58. The summed E-state index contributed by atoms with van der Waals surface area (Å²) in [6.45, 7) is 2.34. The lowest BCUT2D eigenvalue weighted by molar-refractivity contribution is 0.180. The van der Waals surface area contributed by atoms with Crippen molar-refractivity contribution >= 4 is 0 Å². The Morgan fingerprint density at radius 2 is 2.12 bits per heavy atom. The van der Waals surface area contributed by atoms with Crippen LogP contribution in [-0.2, 0) is 11.3 Å². The van der Waals surface area contributed by atoms with Gasteiger partial charge >= 0.3 is 0 Å². The minimum atomic E-state index is 0.458. The van der Waals surface area contributed by atoms with E-state index in [2.05, 4.69) is 4.98 Å². The highest BCUT2D eigenvalue weighted by molar-refractivity contribution is 5.56. The minimum absolute atomic E-state index is 0.458. The van der Waals surface area contributed by atoms with Gasteiger partial charge in [0.2, 0.25) is 5.89 Å². The van der Waals surface area contributed by atoms with Gasteiger partial charge in [0.15, 0.2) is 0 Å². The van der Waals surface area contributed by atoms with Crippen molar-refractivity contribution < 1.29 is 13.9 Å². The normalized spacial score (nSPS) is 10.5. The summed E-state index contributed by atoms with van der Waals surface area (Å²) < 4.78 is 15.8. The van der Waals surface area contributed by atoms with Crippen molar-refractivity contribution in [3.63, 3.8) is 0 Å². The van der Waals surface area contributed by atoms with E-state index >= 15 is 0 Å². The molecule has 0 saturated heterocycles. The highest BCUT2D eigenvalue weighted by Crippen LogP contribution is 2.25. The number of aromatic nitrogens is 1. The van der Waals surface area contributed by atoms with Crippen LogP contribution in [0.15, 0.2) is 28.7 Å². The molecule has 1 heterocycles. The van der Waals surface area contributed by atoms with Gasteiger partial charge < -0.3 is 13.9 Å². The minimum Gasteiger partial charge on any atom is -0.497 e. The molecule has 0 saturated carbocycles. The quantitative estimate of drug-likeness (QED) is 0.814. The summed E-state index contributed by atoms with van der Waals surface area (Å²) in [4.78, 5) is 4.40. The number of hydrogen-bond acceptors (Lipinski definition) is 4. The van der Waals surface area contributed by atoms with Gasteiger partial charge in [-0.3, -0.25) is 0 Å². The third-order valence-electron chi connectivity index (χ3n) is 2.49. The van der Waals surface area contributed by atoms with Crippen LogP contribution in [0.3, 0.4) is 0 Å². The Bertz CT molecular complexity index is 505. The van der Waals surface area contributed by atoms with E-state index in [1.807, 2.05) is 31.2 Å². The Hall–Kier alpha value is -1.81. The van der Waals surface area contributed by atoms with Crippen molar-refractivity contribution in [3.8, 4) is 17.2 Å². The van der Waals surface area contributed by atoms with Crippen molar-refractivity contribution in [2.45, 2.75) is 13.5 Å². The largest absolute Gasteiger partial charge is 0.497 e. The maximum Gasteiger partial charge on any atom is 0.226 e. The summed E-state index contributed by atoms with van der Waals surface area (Å²) in [5, 5.41) is 0.